The van der Waals surface area contributed by atoms with Gasteiger partial charge in [0.05, 0.1) is 11.9 Å². The second-order valence-corrected chi connectivity index (χ2v) is 11.6. The van der Waals surface area contributed by atoms with E-state index < -0.39 is 33.6 Å². The number of nitrogens with one attached hydrogen (secondary N) is 1. The highest BCUT2D eigenvalue weighted by atomic mass is 35.5. The molecule has 2 aromatic carbocycles. The van der Waals surface area contributed by atoms with E-state index in [-0.39, 0.29) is 43.6 Å². The number of anilines is 1. The van der Waals surface area contributed by atoms with Gasteiger partial charge in [-0.1, -0.05) is 36.2 Å². The minimum Gasteiger partial charge on any atom is -0.352 e. The number of hydrogen-bond donors (Lipinski definition) is 1. The van der Waals surface area contributed by atoms with Crippen molar-refractivity contribution in [3.63, 3.8) is 0 Å². The summed E-state index contributed by atoms with van der Waals surface area (Å²) in [6.45, 7) is 5.19. The molecule has 0 aromatic heterocycles. The quantitative estimate of drug-likeness (QED) is 0.378. The molecule has 0 fully saturated rings. The third kappa shape index (κ3) is 8.55. The number of carbonyl (C=O) groups is 2. The fraction of sp³-hybridized carbons (Fsp3) is 0.440. The summed E-state index contributed by atoms with van der Waals surface area (Å²) in [6, 6.07) is 6.73. The van der Waals surface area contributed by atoms with Crippen LogP contribution in [0.4, 0.5) is 14.5 Å². The molecule has 1 N–H and O–H groups in total. The number of sulfonamides is 1. The van der Waals surface area contributed by atoms with Crippen LogP contribution in [0.2, 0.25) is 10.0 Å². The second-order valence-electron chi connectivity index (χ2n) is 8.85. The Morgan fingerprint density at radius 2 is 1.68 bits per heavy atom. The van der Waals surface area contributed by atoms with Crippen molar-refractivity contribution in [3.8, 4) is 0 Å². The van der Waals surface area contributed by atoms with E-state index in [4.69, 9.17) is 23.2 Å². The lowest BCUT2D eigenvalue weighted by Gasteiger charge is -2.32. The van der Waals surface area contributed by atoms with Crippen LogP contribution >= 0.6 is 23.2 Å². The molecule has 0 saturated heterocycles. The molecule has 37 heavy (non-hydrogen) atoms. The maximum absolute atomic E-state index is 13.7. The van der Waals surface area contributed by atoms with Gasteiger partial charge in [0.15, 0.2) is 11.6 Å². The first-order valence-corrected chi connectivity index (χ1v) is 14.3. The maximum Gasteiger partial charge on any atom is 0.243 e. The summed E-state index contributed by atoms with van der Waals surface area (Å²) in [4.78, 5) is 27.7. The first kappa shape index (κ1) is 30.8. The van der Waals surface area contributed by atoms with Gasteiger partial charge in [0, 0.05) is 47.2 Å². The second kappa shape index (κ2) is 13.4. The molecular weight excluding hydrogens is 547 g/mol. The maximum atomic E-state index is 13.7. The van der Waals surface area contributed by atoms with Crippen LogP contribution in [0, 0.1) is 11.6 Å². The van der Waals surface area contributed by atoms with Gasteiger partial charge in [-0.2, -0.15) is 0 Å². The Balaban J connectivity index is 2.29. The van der Waals surface area contributed by atoms with E-state index in [1.165, 1.54) is 4.90 Å². The smallest absolute Gasteiger partial charge is 0.243 e. The van der Waals surface area contributed by atoms with Crippen molar-refractivity contribution < 1.29 is 26.8 Å². The van der Waals surface area contributed by atoms with E-state index in [0.717, 1.165) is 28.8 Å². The monoisotopic (exact) mass is 577 g/mol. The summed E-state index contributed by atoms with van der Waals surface area (Å²) in [6.07, 6.45) is 1.19. The predicted molar refractivity (Wildman–Crippen MR) is 142 cm³/mol. The van der Waals surface area contributed by atoms with E-state index in [9.17, 15) is 26.8 Å². The van der Waals surface area contributed by atoms with Gasteiger partial charge < -0.3 is 10.2 Å². The number of benzene rings is 2. The standard InChI is InChI=1S/C25H31Cl2F2N3O4S/c1-5-23(25(34)30-16(2)3)31(15-18-19(26)8-6-9-20(18)27)24(33)10-7-13-32(37(4,35)36)17-11-12-21(28)22(29)14-17/h6,8-9,11-12,14,16,23H,5,7,10,13,15H2,1-4H3,(H,30,34)/t23-/m1/s1. The third-order valence-electron chi connectivity index (χ3n) is 5.55. The van der Waals surface area contributed by atoms with Crippen LogP contribution in [-0.4, -0.2) is 50.0 Å². The summed E-state index contributed by atoms with van der Waals surface area (Å²) in [7, 11) is -3.85. The third-order valence-corrected chi connectivity index (χ3v) is 7.45. The minimum atomic E-state index is -3.85. The van der Waals surface area contributed by atoms with E-state index in [0.29, 0.717) is 22.0 Å². The number of hydrogen-bond acceptors (Lipinski definition) is 4. The van der Waals surface area contributed by atoms with Crippen molar-refractivity contribution in [2.24, 2.45) is 0 Å². The number of halogens is 4. The lowest BCUT2D eigenvalue weighted by Crippen LogP contribution is -2.50. The highest BCUT2D eigenvalue weighted by molar-refractivity contribution is 7.92. The van der Waals surface area contributed by atoms with Crippen molar-refractivity contribution in [1.82, 2.24) is 10.2 Å². The fourth-order valence-corrected chi connectivity index (χ4v) is 5.27. The Hall–Kier alpha value is -2.43. The largest absolute Gasteiger partial charge is 0.352 e. The molecule has 0 aliphatic rings. The van der Waals surface area contributed by atoms with Gasteiger partial charge in [0.2, 0.25) is 21.8 Å². The predicted octanol–water partition coefficient (Wildman–Crippen LogP) is 5.15. The molecule has 2 amide bonds. The first-order chi connectivity index (χ1) is 17.3. The molecule has 0 unspecified atom stereocenters. The van der Waals surface area contributed by atoms with Gasteiger partial charge in [-0.3, -0.25) is 13.9 Å². The SMILES string of the molecule is CC[C@H](C(=O)NC(C)C)N(Cc1c(Cl)cccc1Cl)C(=O)CCCN(c1ccc(F)c(F)c1)S(C)(=O)=O. The summed E-state index contributed by atoms with van der Waals surface area (Å²) in [5.74, 6) is -3.05. The molecule has 2 rings (SSSR count). The lowest BCUT2D eigenvalue weighted by atomic mass is 10.1. The average Bonchev–Trinajstić information content (AvgIpc) is 2.79. The van der Waals surface area contributed by atoms with Gasteiger partial charge in [-0.05, 0) is 51.0 Å². The van der Waals surface area contributed by atoms with E-state index in [2.05, 4.69) is 5.32 Å². The average molecular weight is 579 g/mol. The van der Waals surface area contributed by atoms with Crippen LogP contribution in [0.15, 0.2) is 36.4 Å². The summed E-state index contributed by atoms with van der Waals surface area (Å²) in [5.41, 5.74) is 0.422. The van der Waals surface area contributed by atoms with Crippen molar-refractivity contribution in [1.29, 1.82) is 0 Å². The lowest BCUT2D eigenvalue weighted by molar-refractivity contribution is -0.141. The van der Waals surface area contributed by atoms with Crippen LogP contribution in [0.1, 0.15) is 45.6 Å². The number of carbonyl (C=O) groups excluding carboxylic acids is 2. The van der Waals surface area contributed by atoms with Crippen LogP contribution in [-0.2, 0) is 26.2 Å². The minimum absolute atomic E-state index is 0.0275. The molecule has 2 aromatic rings. The molecule has 12 heteroatoms. The Morgan fingerprint density at radius 1 is 1.05 bits per heavy atom. The molecular formula is C25H31Cl2F2N3O4S. The molecule has 0 aliphatic carbocycles. The molecule has 0 saturated carbocycles. The Kier molecular flexibility index (Phi) is 11.1. The molecule has 1 atom stereocenters. The molecule has 204 valence electrons. The van der Waals surface area contributed by atoms with Crippen molar-refractivity contribution in [2.75, 3.05) is 17.1 Å². The first-order valence-electron chi connectivity index (χ1n) is 11.7. The molecule has 0 heterocycles. The van der Waals surface area contributed by atoms with Gasteiger partial charge in [-0.15, -0.1) is 0 Å². The van der Waals surface area contributed by atoms with Crippen molar-refractivity contribution >= 4 is 50.7 Å². The Labute approximate surface area is 226 Å². The zero-order valence-electron chi connectivity index (χ0n) is 21.1. The number of amides is 2. The van der Waals surface area contributed by atoms with Crippen molar-refractivity contribution in [2.45, 2.75) is 58.7 Å². The highest BCUT2D eigenvalue weighted by Crippen LogP contribution is 2.28. The van der Waals surface area contributed by atoms with Gasteiger partial charge in [0.1, 0.15) is 6.04 Å². The van der Waals surface area contributed by atoms with E-state index >= 15 is 0 Å². The normalized spacial score (nSPS) is 12.4. The summed E-state index contributed by atoms with van der Waals surface area (Å²) >= 11 is 12.6. The molecule has 0 bridgehead atoms. The molecule has 0 radical (unpaired) electrons. The summed E-state index contributed by atoms with van der Waals surface area (Å²) in [5, 5.41) is 3.49. The van der Waals surface area contributed by atoms with Gasteiger partial charge in [-0.25, -0.2) is 17.2 Å². The van der Waals surface area contributed by atoms with Crippen molar-refractivity contribution in [3.05, 3.63) is 63.6 Å². The van der Waals surface area contributed by atoms with Crippen LogP contribution in [0.5, 0.6) is 0 Å². The molecule has 7 nitrogen and oxygen atoms in total. The van der Waals surface area contributed by atoms with Gasteiger partial charge >= 0.3 is 0 Å². The molecule has 0 spiro atoms. The van der Waals surface area contributed by atoms with Crippen LogP contribution in [0.25, 0.3) is 0 Å². The zero-order valence-corrected chi connectivity index (χ0v) is 23.4. The highest BCUT2D eigenvalue weighted by Gasteiger charge is 2.30. The fourth-order valence-electron chi connectivity index (χ4n) is 3.80. The summed E-state index contributed by atoms with van der Waals surface area (Å²) < 4.78 is 52.7. The zero-order chi connectivity index (χ0) is 27.9. The van der Waals surface area contributed by atoms with Gasteiger partial charge in [0.25, 0.3) is 0 Å². The Morgan fingerprint density at radius 3 is 2.19 bits per heavy atom. The molecule has 0 aliphatic heterocycles. The van der Waals surface area contributed by atoms with E-state index in [1.807, 2.05) is 0 Å². The Bertz CT molecular complexity index is 1210. The van der Waals surface area contributed by atoms with Crippen LogP contribution < -0.4 is 9.62 Å². The van der Waals surface area contributed by atoms with Crippen LogP contribution in [0.3, 0.4) is 0 Å². The number of nitrogens with zero attached hydrogens (tertiary/aromatic N) is 2. The topological polar surface area (TPSA) is 86.8 Å². The van der Waals surface area contributed by atoms with E-state index in [1.54, 1.807) is 39.0 Å². The number of rotatable bonds is 12.